The van der Waals surface area contributed by atoms with Gasteiger partial charge >= 0.3 is 0 Å². The summed E-state index contributed by atoms with van der Waals surface area (Å²) in [6.45, 7) is 2.61. The van der Waals surface area contributed by atoms with Gasteiger partial charge in [0.25, 0.3) is 0 Å². The SMILES string of the molecule is CCOc1ccc([C@H]2Oc3ccccc3C3=C2[C@H](c2cccnc2)n2ncnc2N3)cc1. The zero-order valence-electron chi connectivity index (χ0n) is 17.5. The van der Waals surface area contributed by atoms with Crippen molar-refractivity contribution in [2.24, 2.45) is 0 Å². The van der Waals surface area contributed by atoms with Gasteiger partial charge in [-0.25, -0.2) is 4.68 Å². The molecular weight excluding hydrogens is 402 g/mol. The first-order valence-electron chi connectivity index (χ1n) is 10.6. The van der Waals surface area contributed by atoms with Crippen LogP contribution in [0.15, 0.2) is 85.0 Å². The van der Waals surface area contributed by atoms with Gasteiger partial charge in [0.05, 0.1) is 12.3 Å². The Hall–Kier alpha value is -4.13. The molecule has 0 fully saturated rings. The number of hydrogen-bond acceptors (Lipinski definition) is 6. The number of nitrogens with one attached hydrogen (secondary N) is 1. The molecule has 32 heavy (non-hydrogen) atoms. The second-order valence-corrected chi connectivity index (χ2v) is 7.67. The van der Waals surface area contributed by atoms with Gasteiger partial charge in [-0.15, -0.1) is 0 Å². The molecule has 0 bridgehead atoms. The summed E-state index contributed by atoms with van der Waals surface area (Å²) in [5, 5.41) is 8.04. The van der Waals surface area contributed by atoms with Crippen molar-refractivity contribution < 1.29 is 9.47 Å². The summed E-state index contributed by atoms with van der Waals surface area (Å²) in [6.07, 6.45) is 4.91. The van der Waals surface area contributed by atoms with Crippen molar-refractivity contribution >= 4 is 11.6 Å². The van der Waals surface area contributed by atoms with E-state index in [1.807, 2.05) is 54.2 Å². The van der Waals surface area contributed by atoms with Crippen molar-refractivity contribution in [3.63, 3.8) is 0 Å². The Balaban J connectivity index is 1.57. The normalized spacial score (nSPS) is 18.7. The van der Waals surface area contributed by atoms with Crippen molar-refractivity contribution in [2.75, 3.05) is 11.9 Å². The third-order valence-corrected chi connectivity index (χ3v) is 5.82. The second-order valence-electron chi connectivity index (χ2n) is 7.67. The highest BCUT2D eigenvalue weighted by Gasteiger charge is 2.40. The monoisotopic (exact) mass is 423 g/mol. The van der Waals surface area contributed by atoms with E-state index in [0.29, 0.717) is 12.6 Å². The van der Waals surface area contributed by atoms with Gasteiger partial charge in [0.2, 0.25) is 5.95 Å². The number of ether oxygens (including phenoxy) is 2. The Bertz CT molecular complexity index is 1300. The lowest BCUT2D eigenvalue weighted by molar-refractivity contribution is 0.223. The molecule has 2 aromatic heterocycles. The number of anilines is 1. The number of para-hydroxylation sites is 1. The van der Waals surface area contributed by atoms with Gasteiger partial charge in [-0.05, 0) is 48.4 Å². The van der Waals surface area contributed by atoms with Gasteiger partial charge in [-0.2, -0.15) is 10.1 Å². The summed E-state index contributed by atoms with van der Waals surface area (Å²) in [6, 6.07) is 20.0. The summed E-state index contributed by atoms with van der Waals surface area (Å²) >= 11 is 0. The predicted octanol–water partition coefficient (Wildman–Crippen LogP) is 4.63. The molecule has 4 heterocycles. The fourth-order valence-corrected chi connectivity index (χ4v) is 4.46. The molecule has 158 valence electrons. The average molecular weight is 423 g/mol. The van der Waals surface area contributed by atoms with Crippen LogP contribution in [0, 0.1) is 0 Å². The first-order chi connectivity index (χ1) is 15.8. The molecule has 2 atom stereocenters. The number of hydrogen-bond donors (Lipinski definition) is 1. The molecule has 0 unspecified atom stereocenters. The molecule has 2 aliphatic heterocycles. The summed E-state index contributed by atoms with van der Waals surface area (Å²) in [5.41, 5.74) is 5.13. The van der Waals surface area contributed by atoms with Crippen LogP contribution in [0.1, 0.15) is 35.8 Å². The van der Waals surface area contributed by atoms with E-state index in [9.17, 15) is 0 Å². The smallest absolute Gasteiger partial charge is 0.226 e. The molecule has 2 aliphatic rings. The molecule has 0 saturated carbocycles. The van der Waals surface area contributed by atoms with Crippen LogP contribution in [0.5, 0.6) is 11.5 Å². The number of nitrogens with zero attached hydrogens (tertiary/aromatic N) is 4. The molecule has 0 saturated heterocycles. The van der Waals surface area contributed by atoms with E-state index in [1.54, 1.807) is 12.5 Å². The number of benzene rings is 2. The van der Waals surface area contributed by atoms with E-state index in [-0.39, 0.29) is 12.1 Å². The van der Waals surface area contributed by atoms with E-state index in [0.717, 1.165) is 39.5 Å². The molecule has 7 heteroatoms. The lowest BCUT2D eigenvalue weighted by atomic mass is 9.85. The zero-order valence-corrected chi connectivity index (χ0v) is 17.5. The van der Waals surface area contributed by atoms with Gasteiger partial charge in [0, 0.05) is 23.5 Å². The maximum atomic E-state index is 6.61. The second kappa shape index (κ2) is 7.53. The Labute approximate surface area is 185 Å². The van der Waals surface area contributed by atoms with Crippen molar-refractivity contribution in [1.82, 2.24) is 19.7 Å². The molecule has 1 N–H and O–H groups in total. The van der Waals surface area contributed by atoms with Gasteiger partial charge in [0.15, 0.2) is 0 Å². The first-order valence-corrected chi connectivity index (χ1v) is 10.6. The minimum Gasteiger partial charge on any atom is -0.494 e. The molecule has 6 rings (SSSR count). The van der Waals surface area contributed by atoms with E-state index in [2.05, 4.69) is 44.6 Å². The largest absolute Gasteiger partial charge is 0.494 e. The zero-order chi connectivity index (χ0) is 21.5. The van der Waals surface area contributed by atoms with Crippen molar-refractivity contribution in [3.8, 4) is 11.5 Å². The van der Waals surface area contributed by atoms with Crippen LogP contribution >= 0.6 is 0 Å². The first kappa shape index (κ1) is 18.6. The maximum absolute atomic E-state index is 6.61. The molecule has 4 aromatic rings. The molecule has 0 radical (unpaired) electrons. The van der Waals surface area contributed by atoms with E-state index >= 15 is 0 Å². The van der Waals surface area contributed by atoms with Crippen LogP contribution < -0.4 is 14.8 Å². The Morgan fingerprint density at radius 2 is 1.91 bits per heavy atom. The lowest BCUT2D eigenvalue weighted by Gasteiger charge is -2.38. The topological polar surface area (TPSA) is 74.1 Å². The molecule has 2 aromatic carbocycles. The minimum atomic E-state index is -0.314. The fraction of sp³-hybridized carbons (Fsp3) is 0.160. The lowest BCUT2D eigenvalue weighted by Crippen LogP contribution is -2.32. The van der Waals surface area contributed by atoms with Crippen LogP contribution in [0.2, 0.25) is 0 Å². The predicted molar refractivity (Wildman–Crippen MR) is 120 cm³/mol. The van der Waals surface area contributed by atoms with Crippen LogP contribution in [0.25, 0.3) is 5.70 Å². The molecule has 0 amide bonds. The van der Waals surface area contributed by atoms with Crippen molar-refractivity contribution in [3.05, 3.63) is 102 Å². The average Bonchev–Trinajstić information content (AvgIpc) is 3.32. The highest BCUT2D eigenvalue weighted by atomic mass is 16.5. The molecule has 0 spiro atoms. The van der Waals surface area contributed by atoms with Crippen LogP contribution in [0.4, 0.5) is 5.95 Å². The van der Waals surface area contributed by atoms with E-state index in [1.165, 1.54) is 0 Å². The van der Waals surface area contributed by atoms with Crippen LogP contribution in [-0.4, -0.2) is 26.4 Å². The van der Waals surface area contributed by atoms with Gasteiger partial charge in [0.1, 0.15) is 30.0 Å². The van der Waals surface area contributed by atoms with Gasteiger partial charge in [-0.3, -0.25) is 4.98 Å². The highest BCUT2D eigenvalue weighted by molar-refractivity contribution is 5.85. The van der Waals surface area contributed by atoms with Gasteiger partial charge in [-0.1, -0.05) is 30.3 Å². The van der Waals surface area contributed by atoms with Crippen LogP contribution in [-0.2, 0) is 0 Å². The minimum absolute atomic E-state index is 0.206. The van der Waals surface area contributed by atoms with Crippen molar-refractivity contribution in [1.29, 1.82) is 0 Å². The Morgan fingerprint density at radius 3 is 2.72 bits per heavy atom. The summed E-state index contributed by atoms with van der Waals surface area (Å²) < 4.78 is 14.1. The quantitative estimate of drug-likeness (QED) is 0.516. The standard InChI is InChI=1S/C25H21N5O2/c1-2-31-18-11-9-16(10-12-18)24-21-22(19-7-3-4-8-20(19)32-24)29-25-27-15-28-30(25)23(21)17-6-5-13-26-14-17/h3-15,23-24H,2H2,1H3,(H,27,28,29)/t23-,24+/m0/s1. The highest BCUT2D eigenvalue weighted by Crippen LogP contribution is 2.50. The molecule has 0 aliphatic carbocycles. The van der Waals surface area contributed by atoms with Gasteiger partial charge < -0.3 is 14.8 Å². The number of fused-ring (bicyclic) bond motifs is 3. The number of pyridine rings is 1. The third kappa shape index (κ3) is 2.93. The third-order valence-electron chi connectivity index (χ3n) is 5.82. The van der Waals surface area contributed by atoms with E-state index in [4.69, 9.17) is 9.47 Å². The maximum Gasteiger partial charge on any atom is 0.226 e. The fourth-order valence-electron chi connectivity index (χ4n) is 4.46. The Kier molecular flexibility index (Phi) is 4.38. The van der Waals surface area contributed by atoms with E-state index < -0.39 is 0 Å². The number of aromatic nitrogens is 4. The summed E-state index contributed by atoms with van der Waals surface area (Å²) in [4.78, 5) is 8.82. The summed E-state index contributed by atoms with van der Waals surface area (Å²) in [5.74, 6) is 2.36. The summed E-state index contributed by atoms with van der Waals surface area (Å²) in [7, 11) is 0. The Morgan fingerprint density at radius 1 is 1.03 bits per heavy atom. The van der Waals surface area contributed by atoms with Crippen LogP contribution in [0.3, 0.4) is 0 Å². The molecule has 7 nitrogen and oxygen atoms in total. The number of rotatable bonds is 4. The molecular formula is C25H21N5O2. The van der Waals surface area contributed by atoms with Crippen molar-refractivity contribution in [2.45, 2.75) is 19.1 Å².